The number of anilines is 1. The number of rotatable bonds is 7. The molecule has 7 heteroatoms. The van der Waals surface area contributed by atoms with Crippen LogP contribution in [0.1, 0.15) is 12.5 Å². The molecule has 1 aromatic carbocycles. The number of halogens is 1. The van der Waals surface area contributed by atoms with E-state index in [1.54, 1.807) is 6.92 Å². The van der Waals surface area contributed by atoms with Gasteiger partial charge in [0.2, 0.25) is 5.91 Å². The topological polar surface area (TPSA) is 81.4 Å². The van der Waals surface area contributed by atoms with Crippen LogP contribution in [0.3, 0.4) is 0 Å². The van der Waals surface area contributed by atoms with Crippen LogP contribution >= 0.6 is 24.2 Å². The fraction of sp³-hybridized carbons (Fsp3) is 0.429. The second kappa shape index (κ2) is 10.5. The van der Waals surface area contributed by atoms with E-state index >= 15 is 0 Å². The summed E-state index contributed by atoms with van der Waals surface area (Å²) in [5.74, 6) is 0.457. The number of carbonyl (C=O) groups excluding carboxylic acids is 2. The number of methoxy groups -OCH3 is 1. The molecule has 1 rings (SSSR count). The molecular weight excluding hydrogens is 312 g/mol. The van der Waals surface area contributed by atoms with E-state index in [2.05, 4.69) is 10.1 Å². The highest BCUT2D eigenvalue weighted by atomic mass is 35.5. The Morgan fingerprint density at radius 2 is 2.14 bits per heavy atom. The highest BCUT2D eigenvalue weighted by molar-refractivity contribution is 7.99. The summed E-state index contributed by atoms with van der Waals surface area (Å²) in [4.78, 5) is 22.8. The van der Waals surface area contributed by atoms with Crippen LogP contribution < -0.4 is 11.1 Å². The molecule has 0 heterocycles. The molecule has 0 radical (unpaired) electrons. The predicted molar refractivity (Wildman–Crippen MR) is 88.7 cm³/mol. The molecule has 3 N–H and O–H groups in total. The summed E-state index contributed by atoms with van der Waals surface area (Å²) in [6.07, 6.45) is 0. The number of nitrogens with two attached hydrogens (primary N) is 1. The zero-order chi connectivity index (χ0) is 15.0. The van der Waals surface area contributed by atoms with Gasteiger partial charge in [-0.25, -0.2) is 0 Å². The van der Waals surface area contributed by atoms with E-state index in [4.69, 9.17) is 5.73 Å². The summed E-state index contributed by atoms with van der Waals surface area (Å²) in [7, 11) is 1.37. The molecule has 0 saturated carbocycles. The Morgan fingerprint density at radius 1 is 1.43 bits per heavy atom. The number of ether oxygens (including phenoxy) is 1. The van der Waals surface area contributed by atoms with Crippen molar-refractivity contribution in [3.05, 3.63) is 29.8 Å². The first-order valence-electron chi connectivity index (χ1n) is 6.31. The third-order valence-electron chi connectivity index (χ3n) is 2.71. The highest BCUT2D eigenvalue weighted by Crippen LogP contribution is 2.17. The second-order valence-corrected chi connectivity index (χ2v) is 5.38. The monoisotopic (exact) mass is 332 g/mol. The zero-order valence-corrected chi connectivity index (χ0v) is 13.8. The normalized spacial score (nSPS) is 11.2. The van der Waals surface area contributed by atoms with Crippen molar-refractivity contribution < 1.29 is 14.3 Å². The number of hydrogen-bond donors (Lipinski definition) is 2. The van der Waals surface area contributed by atoms with Crippen molar-refractivity contribution >= 4 is 41.7 Å². The van der Waals surface area contributed by atoms with Gasteiger partial charge >= 0.3 is 5.97 Å². The van der Waals surface area contributed by atoms with Gasteiger partial charge in [0, 0.05) is 23.9 Å². The summed E-state index contributed by atoms with van der Waals surface area (Å²) in [5.41, 5.74) is 7.24. The molecule has 0 saturated heterocycles. The molecule has 5 nitrogen and oxygen atoms in total. The van der Waals surface area contributed by atoms with Crippen LogP contribution in [0.2, 0.25) is 0 Å². The molecule has 1 aromatic rings. The maximum atomic E-state index is 11.7. The lowest BCUT2D eigenvalue weighted by atomic mass is 10.1. The molecular formula is C14H21ClN2O3S. The Hall–Kier alpha value is -1.24. The van der Waals surface area contributed by atoms with E-state index in [9.17, 15) is 9.59 Å². The molecule has 21 heavy (non-hydrogen) atoms. The van der Waals surface area contributed by atoms with Crippen LogP contribution in [0.25, 0.3) is 0 Å². The van der Waals surface area contributed by atoms with Crippen molar-refractivity contribution in [2.75, 3.05) is 24.7 Å². The number of hydrogen-bond acceptors (Lipinski definition) is 5. The van der Waals surface area contributed by atoms with Crippen LogP contribution in [-0.2, 0) is 20.1 Å². The molecule has 1 amide bonds. The minimum atomic E-state index is -0.240. The summed E-state index contributed by atoms with van der Waals surface area (Å²) in [6.45, 7) is 2.10. The fourth-order valence-corrected chi connectivity index (χ4v) is 2.22. The number of carbonyl (C=O) groups is 2. The van der Waals surface area contributed by atoms with Crippen LogP contribution in [0.4, 0.5) is 5.69 Å². The Kier molecular flexibility index (Phi) is 9.86. The van der Waals surface area contributed by atoms with Crippen molar-refractivity contribution in [2.24, 2.45) is 11.7 Å². The molecule has 0 aromatic heterocycles. The van der Waals surface area contributed by atoms with Gasteiger partial charge in [-0.3, -0.25) is 9.59 Å². The van der Waals surface area contributed by atoms with E-state index < -0.39 is 0 Å². The zero-order valence-electron chi connectivity index (χ0n) is 12.1. The van der Waals surface area contributed by atoms with Crippen LogP contribution in [0.15, 0.2) is 24.3 Å². The maximum absolute atomic E-state index is 11.7. The third-order valence-corrected chi connectivity index (χ3v) is 3.69. The predicted octanol–water partition coefficient (Wildman–Crippen LogP) is 2.05. The van der Waals surface area contributed by atoms with E-state index in [0.29, 0.717) is 18.1 Å². The summed E-state index contributed by atoms with van der Waals surface area (Å²) < 4.78 is 4.57. The van der Waals surface area contributed by atoms with E-state index in [1.165, 1.54) is 18.9 Å². The van der Waals surface area contributed by atoms with Crippen molar-refractivity contribution in [3.63, 3.8) is 0 Å². The minimum absolute atomic E-state index is 0. The summed E-state index contributed by atoms with van der Waals surface area (Å²) >= 11 is 1.47. The number of benzene rings is 1. The third kappa shape index (κ3) is 7.36. The van der Waals surface area contributed by atoms with Crippen LogP contribution in [0, 0.1) is 5.92 Å². The lowest BCUT2D eigenvalue weighted by Gasteiger charge is -2.11. The quantitative estimate of drug-likeness (QED) is 0.747. The van der Waals surface area contributed by atoms with E-state index in [1.807, 2.05) is 24.3 Å². The summed E-state index contributed by atoms with van der Waals surface area (Å²) in [6, 6.07) is 7.55. The molecule has 0 aliphatic heterocycles. The molecule has 0 spiro atoms. The van der Waals surface area contributed by atoms with Gasteiger partial charge in [-0.15, -0.1) is 24.2 Å². The first-order valence-corrected chi connectivity index (χ1v) is 7.46. The SMILES string of the molecule is COC(=O)CSCc1cccc(NC(=O)C(C)CN)c1.Cl. The lowest BCUT2D eigenvalue weighted by molar-refractivity contribution is -0.137. The Morgan fingerprint density at radius 3 is 2.76 bits per heavy atom. The lowest BCUT2D eigenvalue weighted by Crippen LogP contribution is -2.26. The van der Waals surface area contributed by atoms with E-state index in [-0.39, 0.29) is 30.2 Å². The van der Waals surface area contributed by atoms with Crippen molar-refractivity contribution in [1.82, 2.24) is 0 Å². The van der Waals surface area contributed by atoms with Gasteiger partial charge in [0.05, 0.1) is 12.9 Å². The van der Waals surface area contributed by atoms with Gasteiger partial charge in [0.15, 0.2) is 0 Å². The largest absolute Gasteiger partial charge is 0.468 e. The van der Waals surface area contributed by atoms with E-state index in [0.717, 1.165) is 11.3 Å². The molecule has 0 fully saturated rings. The standard InChI is InChI=1S/C14H20N2O3S.ClH/c1-10(7-15)14(18)16-12-5-3-4-11(6-12)8-20-9-13(17)19-2;/h3-6,10H,7-9,15H2,1-2H3,(H,16,18);1H. The molecule has 0 aliphatic carbocycles. The van der Waals surface area contributed by atoms with Gasteiger partial charge in [0.25, 0.3) is 0 Å². The van der Waals surface area contributed by atoms with Gasteiger partial charge in [-0.2, -0.15) is 0 Å². The summed E-state index contributed by atoms with van der Waals surface area (Å²) in [5, 5.41) is 2.82. The fourth-order valence-electron chi connectivity index (χ4n) is 1.42. The molecule has 1 unspecified atom stereocenters. The molecule has 1 atom stereocenters. The maximum Gasteiger partial charge on any atom is 0.315 e. The first kappa shape index (κ1) is 19.8. The number of nitrogens with one attached hydrogen (secondary N) is 1. The average molecular weight is 333 g/mol. The van der Waals surface area contributed by atoms with Gasteiger partial charge in [-0.1, -0.05) is 19.1 Å². The molecule has 0 bridgehead atoms. The average Bonchev–Trinajstić information content (AvgIpc) is 2.46. The van der Waals surface area contributed by atoms with Crippen LogP contribution in [-0.4, -0.2) is 31.3 Å². The Labute approximate surface area is 135 Å². The van der Waals surface area contributed by atoms with Gasteiger partial charge < -0.3 is 15.8 Å². The van der Waals surface area contributed by atoms with Crippen molar-refractivity contribution in [1.29, 1.82) is 0 Å². The first-order chi connectivity index (χ1) is 9.56. The molecule has 118 valence electrons. The highest BCUT2D eigenvalue weighted by Gasteiger charge is 2.10. The number of esters is 1. The van der Waals surface area contributed by atoms with Crippen molar-refractivity contribution in [2.45, 2.75) is 12.7 Å². The number of amides is 1. The Bertz CT molecular complexity index is 471. The van der Waals surface area contributed by atoms with Crippen molar-refractivity contribution in [3.8, 4) is 0 Å². The van der Waals surface area contributed by atoms with Gasteiger partial charge in [-0.05, 0) is 17.7 Å². The molecule has 0 aliphatic rings. The second-order valence-electron chi connectivity index (χ2n) is 4.40. The number of thioether (sulfide) groups is 1. The minimum Gasteiger partial charge on any atom is -0.468 e. The smallest absolute Gasteiger partial charge is 0.315 e. The van der Waals surface area contributed by atoms with Crippen LogP contribution in [0.5, 0.6) is 0 Å². The van der Waals surface area contributed by atoms with Gasteiger partial charge in [0.1, 0.15) is 0 Å². The Balaban J connectivity index is 0.00000400.